The van der Waals surface area contributed by atoms with Gasteiger partial charge < -0.3 is 9.84 Å². The highest BCUT2D eigenvalue weighted by molar-refractivity contribution is 5.80. The molecule has 0 saturated heterocycles. The summed E-state index contributed by atoms with van der Waals surface area (Å²) in [4.78, 5) is 22.1. The van der Waals surface area contributed by atoms with Gasteiger partial charge in [0.15, 0.2) is 6.29 Å². The zero-order valence-electron chi connectivity index (χ0n) is 11.2. The van der Waals surface area contributed by atoms with Crippen molar-refractivity contribution in [3.63, 3.8) is 0 Å². The molecule has 0 atom stereocenters. The van der Waals surface area contributed by atoms with Gasteiger partial charge in [0.2, 0.25) is 0 Å². The van der Waals surface area contributed by atoms with E-state index in [-0.39, 0.29) is 23.0 Å². The first-order chi connectivity index (χ1) is 9.17. The summed E-state index contributed by atoms with van der Waals surface area (Å²) in [7, 11) is 0. The van der Waals surface area contributed by atoms with Gasteiger partial charge in [0.05, 0.1) is 5.56 Å². The Hall–Kier alpha value is -1.84. The lowest BCUT2D eigenvalue weighted by Gasteiger charge is -2.05. The van der Waals surface area contributed by atoms with E-state index in [9.17, 15) is 14.7 Å². The third-order valence-electron chi connectivity index (χ3n) is 2.85. The number of rotatable bonds is 8. The van der Waals surface area contributed by atoms with Gasteiger partial charge in [-0.2, -0.15) is 0 Å². The van der Waals surface area contributed by atoms with E-state index in [1.165, 1.54) is 31.0 Å². The zero-order chi connectivity index (χ0) is 14.1. The highest BCUT2D eigenvalue weighted by Gasteiger charge is 2.07. The predicted octanol–water partition coefficient (Wildman–Crippen LogP) is 3.47. The Balaban J connectivity index is 2.36. The number of aromatic hydroxyl groups is 1. The summed E-state index contributed by atoms with van der Waals surface area (Å²) in [6.45, 7) is 2.14. The molecule has 1 N–H and O–H groups in total. The van der Waals surface area contributed by atoms with Crippen molar-refractivity contribution in [1.82, 2.24) is 0 Å². The number of carbonyl (C=O) groups excluding carboxylic acids is 2. The van der Waals surface area contributed by atoms with Crippen LogP contribution in [-0.2, 0) is 4.79 Å². The van der Waals surface area contributed by atoms with Gasteiger partial charge in [0.25, 0.3) is 0 Å². The average molecular weight is 264 g/mol. The first-order valence-corrected chi connectivity index (χ1v) is 6.66. The largest absolute Gasteiger partial charge is 0.507 e. The van der Waals surface area contributed by atoms with Gasteiger partial charge >= 0.3 is 5.97 Å². The third kappa shape index (κ3) is 5.55. The number of benzene rings is 1. The molecular formula is C15H20O4. The molecule has 0 fully saturated rings. The summed E-state index contributed by atoms with van der Waals surface area (Å²) in [5, 5.41) is 9.45. The molecule has 0 heterocycles. The molecule has 0 saturated carbocycles. The summed E-state index contributed by atoms with van der Waals surface area (Å²) in [5.74, 6) is -0.223. The van der Waals surface area contributed by atoms with E-state index < -0.39 is 0 Å². The number of unbranched alkanes of at least 4 members (excludes halogenated alkanes) is 4. The molecule has 0 aliphatic rings. The number of phenols is 1. The van der Waals surface area contributed by atoms with Gasteiger partial charge in [0.1, 0.15) is 11.5 Å². The van der Waals surface area contributed by atoms with Crippen molar-refractivity contribution in [2.24, 2.45) is 0 Å². The van der Waals surface area contributed by atoms with Crippen LogP contribution in [0.4, 0.5) is 0 Å². The Kier molecular flexibility index (Phi) is 6.64. The molecule has 0 spiro atoms. The molecule has 0 aliphatic heterocycles. The Morgan fingerprint density at radius 1 is 1.26 bits per heavy atom. The first-order valence-electron chi connectivity index (χ1n) is 6.66. The predicted molar refractivity (Wildman–Crippen MR) is 72.5 cm³/mol. The minimum Gasteiger partial charge on any atom is -0.507 e. The first kappa shape index (κ1) is 15.2. The van der Waals surface area contributed by atoms with Gasteiger partial charge in [-0.15, -0.1) is 0 Å². The van der Waals surface area contributed by atoms with Gasteiger partial charge in [-0.25, -0.2) is 0 Å². The molecule has 1 rings (SSSR count). The van der Waals surface area contributed by atoms with Crippen LogP contribution in [0.5, 0.6) is 11.5 Å². The number of aldehydes is 1. The van der Waals surface area contributed by atoms with Gasteiger partial charge in [-0.05, 0) is 18.6 Å². The molecule has 0 amide bonds. The number of hydrogen-bond acceptors (Lipinski definition) is 4. The maximum atomic E-state index is 11.5. The fourth-order valence-electron chi connectivity index (χ4n) is 1.74. The molecule has 4 heteroatoms. The lowest BCUT2D eigenvalue weighted by molar-refractivity contribution is -0.134. The van der Waals surface area contributed by atoms with Crippen LogP contribution >= 0.6 is 0 Å². The van der Waals surface area contributed by atoms with E-state index in [1.807, 2.05) is 0 Å². The summed E-state index contributed by atoms with van der Waals surface area (Å²) in [6.07, 6.45) is 6.27. The van der Waals surface area contributed by atoms with Crippen LogP contribution in [-0.4, -0.2) is 17.4 Å². The van der Waals surface area contributed by atoms with Crippen LogP contribution in [0.1, 0.15) is 55.8 Å². The van der Waals surface area contributed by atoms with Crippen molar-refractivity contribution in [1.29, 1.82) is 0 Å². The monoisotopic (exact) mass is 264 g/mol. The molecule has 0 aromatic heterocycles. The fourth-order valence-corrected chi connectivity index (χ4v) is 1.74. The normalized spacial score (nSPS) is 10.2. The van der Waals surface area contributed by atoms with Crippen molar-refractivity contribution < 1.29 is 19.4 Å². The van der Waals surface area contributed by atoms with Crippen LogP contribution in [0.2, 0.25) is 0 Å². The van der Waals surface area contributed by atoms with Crippen molar-refractivity contribution in [2.45, 2.75) is 45.4 Å². The second-order valence-corrected chi connectivity index (χ2v) is 4.48. The topological polar surface area (TPSA) is 63.6 Å². The summed E-state index contributed by atoms with van der Waals surface area (Å²) < 4.78 is 5.09. The van der Waals surface area contributed by atoms with E-state index in [4.69, 9.17) is 4.74 Å². The number of esters is 1. The second kappa shape index (κ2) is 8.29. The SMILES string of the molecule is CCCCCCCC(=O)Oc1ccc(C=O)c(O)c1. The maximum Gasteiger partial charge on any atom is 0.311 e. The minimum absolute atomic E-state index is 0.178. The van der Waals surface area contributed by atoms with E-state index in [0.29, 0.717) is 12.7 Å². The van der Waals surface area contributed by atoms with Crippen molar-refractivity contribution in [2.75, 3.05) is 0 Å². The molecular weight excluding hydrogens is 244 g/mol. The summed E-state index contributed by atoms with van der Waals surface area (Å²) in [6, 6.07) is 4.20. The molecule has 0 bridgehead atoms. The van der Waals surface area contributed by atoms with Crippen LogP contribution < -0.4 is 4.74 Å². The molecule has 19 heavy (non-hydrogen) atoms. The highest BCUT2D eigenvalue weighted by atomic mass is 16.5. The Labute approximate surface area is 113 Å². The maximum absolute atomic E-state index is 11.5. The second-order valence-electron chi connectivity index (χ2n) is 4.48. The zero-order valence-corrected chi connectivity index (χ0v) is 11.2. The molecule has 0 aliphatic carbocycles. The van der Waals surface area contributed by atoms with Crippen LogP contribution in [0, 0.1) is 0 Å². The third-order valence-corrected chi connectivity index (χ3v) is 2.85. The number of phenolic OH excluding ortho intramolecular Hbond substituents is 1. The molecule has 104 valence electrons. The van der Waals surface area contributed by atoms with Gasteiger partial charge in [-0.1, -0.05) is 32.6 Å². The van der Waals surface area contributed by atoms with E-state index in [1.54, 1.807) is 0 Å². The van der Waals surface area contributed by atoms with E-state index in [0.717, 1.165) is 19.3 Å². The highest BCUT2D eigenvalue weighted by Crippen LogP contribution is 2.22. The Morgan fingerprint density at radius 2 is 2.00 bits per heavy atom. The smallest absolute Gasteiger partial charge is 0.311 e. The molecule has 0 radical (unpaired) electrons. The minimum atomic E-state index is -0.310. The van der Waals surface area contributed by atoms with E-state index in [2.05, 4.69) is 6.92 Å². The summed E-state index contributed by atoms with van der Waals surface area (Å²) >= 11 is 0. The van der Waals surface area contributed by atoms with Gasteiger partial charge in [-0.3, -0.25) is 9.59 Å². The van der Waals surface area contributed by atoms with Crippen molar-refractivity contribution in [3.8, 4) is 11.5 Å². The average Bonchev–Trinajstić information content (AvgIpc) is 2.39. The Morgan fingerprint density at radius 3 is 2.63 bits per heavy atom. The number of carbonyl (C=O) groups is 2. The standard InChI is InChI=1S/C15H20O4/c1-2-3-4-5-6-7-15(18)19-13-9-8-12(11-16)14(17)10-13/h8-11,17H,2-7H2,1H3. The lowest BCUT2D eigenvalue weighted by Crippen LogP contribution is -2.07. The summed E-state index contributed by atoms with van der Waals surface area (Å²) in [5.41, 5.74) is 0.180. The molecule has 1 aromatic carbocycles. The number of ether oxygens (including phenoxy) is 1. The Bertz CT molecular complexity index is 426. The number of hydrogen-bond donors (Lipinski definition) is 1. The van der Waals surface area contributed by atoms with Gasteiger partial charge in [0, 0.05) is 12.5 Å². The van der Waals surface area contributed by atoms with E-state index >= 15 is 0 Å². The molecule has 0 unspecified atom stereocenters. The van der Waals surface area contributed by atoms with Crippen molar-refractivity contribution in [3.05, 3.63) is 23.8 Å². The van der Waals surface area contributed by atoms with Crippen LogP contribution in [0.3, 0.4) is 0 Å². The van der Waals surface area contributed by atoms with Crippen LogP contribution in [0.25, 0.3) is 0 Å². The van der Waals surface area contributed by atoms with Crippen LogP contribution in [0.15, 0.2) is 18.2 Å². The lowest BCUT2D eigenvalue weighted by atomic mass is 10.1. The molecule has 1 aromatic rings. The quantitative estimate of drug-likeness (QED) is 0.338. The van der Waals surface area contributed by atoms with Crippen molar-refractivity contribution >= 4 is 12.3 Å². The molecule has 4 nitrogen and oxygen atoms in total. The fraction of sp³-hybridized carbons (Fsp3) is 0.467.